The number of nitrogens with two attached hydrogens (primary N) is 1. The van der Waals surface area contributed by atoms with Crippen LogP contribution in [0.3, 0.4) is 0 Å². The van der Waals surface area contributed by atoms with Gasteiger partial charge < -0.3 is 5.73 Å². The summed E-state index contributed by atoms with van der Waals surface area (Å²) in [6.07, 6.45) is -0.184. The van der Waals surface area contributed by atoms with E-state index in [0.29, 0.717) is 0 Å². The third kappa shape index (κ3) is 3.24. The van der Waals surface area contributed by atoms with Gasteiger partial charge in [-0.15, -0.1) is 4.91 Å². The number of halogens is 1. The summed E-state index contributed by atoms with van der Waals surface area (Å²) in [5, 5.41) is 2.11. The summed E-state index contributed by atoms with van der Waals surface area (Å²) in [5.74, 6) is -1.39. The Labute approximate surface area is 57.6 Å². The summed E-state index contributed by atoms with van der Waals surface area (Å²) in [5.41, 5.74) is 5.05. The molecule has 4 nitrogen and oxygen atoms in total. The summed E-state index contributed by atoms with van der Waals surface area (Å²) in [6, 6.07) is 0. The van der Waals surface area contributed by atoms with Crippen LogP contribution in [0.4, 0.5) is 4.39 Å². The predicted molar refractivity (Wildman–Crippen MR) is 33.9 cm³/mol. The van der Waals surface area contributed by atoms with Gasteiger partial charge in [0.25, 0.3) is 5.91 Å². The smallest absolute Gasteiger partial charge is 0.286 e. The van der Waals surface area contributed by atoms with Gasteiger partial charge in [0.1, 0.15) is 0 Å². The van der Waals surface area contributed by atoms with Gasteiger partial charge in [-0.3, -0.25) is 9.18 Å². The first-order valence-corrected chi connectivity index (χ1v) is 2.86. The van der Waals surface area contributed by atoms with Gasteiger partial charge in [-0.1, -0.05) is 0 Å². The largest absolute Gasteiger partial charge is 0.330 e. The van der Waals surface area contributed by atoms with Gasteiger partial charge in [0, 0.05) is 17.5 Å². The first kappa shape index (κ1) is 9.16. The van der Waals surface area contributed by atoms with E-state index in [0.717, 1.165) is 0 Å². The lowest BCUT2D eigenvalue weighted by Gasteiger charge is -2.03. The van der Waals surface area contributed by atoms with Crippen molar-refractivity contribution in [1.82, 2.24) is 0 Å². The lowest BCUT2D eigenvalue weighted by molar-refractivity contribution is -0.118. The Morgan fingerprint density at radius 1 is 1.70 bits per heavy atom. The molecule has 1 unspecified atom stereocenters. The van der Waals surface area contributed by atoms with Gasteiger partial charge in [-0.25, -0.2) is 0 Å². The van der Waals surface area contributed by atoms with Crippen LogP contribution in [0.1, 0.15) is 6.42 Å². The van der Waals surface area contributed by atoms with Crippen molar-refractivity contribution in [1.29, 1.82) is 0 Å². The number of hydrogen-bond donors (Lipinski definition) is 1. The molecule has 0 rings (SSSR count). The molecule has 10 heavy (non-hydrogen) atoms. The Balaban J connectivity index is 3.62. The van der Waals surface area contributed by atoms with Crippen LogP contribution in [-0.4, -0.2) is 19.1 Å². The van der Waals surface area contributed by atoms with Gasteiger partial charge in [0.2, 0.25) is 0 Å². The first-order valence-electron chi connectivity index (χ1n) is 2.86. The molecule has 0 heterocycles. The molecule has 2 N–H and O–H groups in total. The van der Waals surface area contributed by atoms with Crippen LogP contribution in [0.5, 0.6) is 0 Å². The Hall–Kier alpha value is -0.840. The molecular weight excluding hydrogens is 139 g/mol. The summed E-state index contributed by atoms with van der Waals surface area (Å²) in [7, 11) is 0. The zero-order chi connectivity index (χ0) is 7.98. The molecule has 5 heteroatoms. The molecule has 1 amide bonds. The molecule has 0 aromatic carbocycles. The van der Waals surface area contributed by atoms with Gasteiger partial charge in [0.15, 0.2) is 0 Å². The minimum absolute atomic E-state index is 0.0672. The standard InChI is InChI=1S/C5H9FN2O2/c6-2-4(3-7)1-5(9)8-10/h4H,1-3,7H2. The lowest BCUT2D eigenvalue weighted by atomic mass is 10.1. The molecule has 0 aromatic rings. The van der Waals surface area contributed by atoms with Crippen LogP contribution < -0.4 is 5.73 Å². The minimum atomic E-state index is -0.840. The molecule has 0 aromatic heterocycles. The third-order valence-electron chi connectivity index (χ3n) is 1.12. The summed E-state index contributed by atoms with van der Waals surface area (Å²) in [4.78, 5) is 19.7. The molecule has 0 bridgehead atoms. The molecule has 58 valence electrons. The van der Waals surface area contributed by atoms with Crippen LogP contribution in [0.15, 0.2) is 5.18 Å². The van der Waals surface area contributed by atoms with Crippen molar-refractivity contribution in [3.8, 4) is 0 Å². The Kier molecular flexibility index (Phi) is 4.57. The Morgan fingerprint density at radius 2 is 2.30 bits per heavy atom. The van der Waals surface area contributed by atoms with E-state index < -0.39 is 18.5 Å². The number of carbonyl (C=O) groups is 1. The molecule has 1 atom stereocenters. The van der Waals surface area contributed by atoms with E-state index in [2.05, 4.69) is 5.18 Å². The topological polar surface area (TPSA) is 72.5 Å². The van der Waals surface area contributed by atoms with Crippen molar-refractivity contribution in [2.75, 3.05) is 13.2 Å². The van der Waals surface area contributed by atoms with Crippen LogP contribution in [0.2, 0.25) is 0 Å². The molecule has 0 radical (unpaired) electrons. The van der Waals surface area contributed by atoms with Crippen LogP contribution in [0.25, 0.3) is 0 Å². The summed E-state index contributed by atoms with van der Waals surface area (Å²) < 4.78 is 11.8. The van der Waals surface area contributed by atoms with Crippen LogP contribution in [0, 0.1) is 10.8 Å². The SMILES string of the molecule is NCC(CF)CC(=O)N=O. The van der Waals surface area contributed by atoms with E-state index in [1.807, 2.05) is 0 Å². The second-order valence-corrected chi connectivity index (χ2v) is 1.95. The number of rotatable bonds is 4. The van der Waals surface area contributed by atoms with Crippen LogP contribution in [-0.2, 0) is 4.79 Å². The second kappa shape index (κ2) is 4.99. The van der Waals surface area contributed by atoms with E-state index >= 15 is 0 Å². The fourth-order valence-corrected chi connectivity index (χ4v) is 0.485. The van der Waals surface area contributed by atoms with Crippen molar-refractivity contribution in [2.24, 2.45) is 16.8 Å². The Morgan fingerprint density at radius 3 is 2.60 bits per heavy atom. The van der Waals surface area contributed by atoms with Gasteiger partial charge in [-0.2, -0.15) is 0 Å². The highest BCUT2D eigenvalue weighted by atomic mass is 19.1. The van der Waals surface area contributed by atoms with Crippen molar-refractivity contribution < 1.29 is 9.18 Å². The van der Waals surface area contributed by atoms with Gasteiger partial charge >= 0.3 is 0 Å². The number of amides is 1. The summed E-state index contributed by atoms with van der Waals surface area (Å²) >= 11 is 0. The monoisotopic (exact) mass is 148 g/mol. The molecule has 0 saturated heterocycles. The van der Waals surface area contributed by atoms with E-state index in [1.165, 1.54) is 0 Å². The predicted octanol–water partition coefficient (Wildman–Crippen LogP) is 0.214. The molecule has 0 aliphatic rings. The number of hydrogen-bond acceptors (Lipinski definition) is 3. The molecule has 0 saturated carbocycles. The highest BCUT2D eigenvalue weighted by molar-refractivity contribution is 5.76. The molecule has 0 spiro atoms. The normalized spacial score (nSPS) is 12.6. The first-order chi connectivity index (χ1) is 4.74. The fourth-order valence-electron chi connectivity index (χ4n) is 0.485. The fraction of sp³-hybridized carbons (Fsp3) is 0.800. The van der Waals surface area contributed by atoms with Gasteiger partial charge in [-0.05, 0) is 6.54 Å². The third-order valence-corrected chi connectivity index (χ3v) is 1.12. The van der Waals surface area contributed by atoms with Crippen molar-refractivity contribution in [3.05, 3.63) is 4.91 Å². The quantitative estimate of drug-likeness (QED) is 0.579. The van der Waals surface area contributed by atoms with E-state index in [4.69, 9.17) is 5.73 Å². The van der Waals surface area contributed by atoms with Gasteiger partial charge in [0.05, 0.1) is 6.67 Å². The average molecular weight is 148 g/mol. The maximum Gasteiger partial charge on any atom is 0.286 e. The number of carbonyl (C=O) groups excluding carboxylic acids is 1. The van der Waals surface area contributed by atoms with Crippen molar-refractivity contribution >= 4 is 5.91 Å². The van der Waals surface area contributed by atoms with Crippen molar-refractivity contribution in [3.63, 3.8) is 0 Å². The maximum absolute atomic E-state index is 11.8. The molecule has 0 aliphatic carbocycles. The van der Waals surface area contributed by atoms with E-state index in [9.17, 15) is 14.1 Å². The zero-order valence-electron chi connectivity index (χ0n) is 5.42. The number of nitrogens with zero attached hydrogens (tertiary/aromatic N) is 1. The average Bonchev–Trinajstić information content (AvgIpc) is 1.99. The minimum Gasteiger partial charge on any atom is -0.330 e. The number of nitroso groups, excluding NO2 is 1. The molecule has 0 aliphatic heterocycles. The molecular formula is C5H9FN2O2. The highest BCUT2D eigenvalue weighted by Gasteiger charge is 2.11. The van der Waals surface area contributed by atoms with Crippen molar-refractivity contribution in [2.45, 2.75) is 6.42 Å². The van der Waals surface area contributed by atoms with Crippen LogP contribution >= 0.6 is 0 Å². The maximum atomic E-state index is 11.8. The molecule has 0 fully saturated rings. The van der Waals surface area contributed by atoms with E-state index in [-0.39, 0.29) is 13.0 Å². The zero-order valence-corrected chi connectivity index (χ0v) is 5.42. The number of alkyl halides is 1. The summed E-state index contributed by atoms with van der Waals surface area (Å²) in [6.45, 7) is -0.616. The van der Waals surface area contributed by atoms with E-state index in [1.54, 1.807) is 0 Å². The second-order valence-electron chi connectivity index (χ2n) is 1.95. The Bertz CT molecular complexity index is 125. The lowest BCUT2D eigenvalue weighted by Crippen LogP contribution is -2.18. The highest BCUT2D eigenvalue weighted by Crippen LogP contribution is 2.02.